The standard InChI is InChI=1S/C12H19N3O2/c1-13-8-10-9-14(2)5-6-15(10)12(16)11-4-3-7-17-11/h3-4,7,10,13H,5-6,8-9H2,1-2H3. The number of piperazine rings is 1. The molecule has 0 aliphatic carbocycles. The van der Waals surface area contributed by atoms with Crippen molar-refractivity contribution in [2.24, 2.45) is 0 Å². The van der Waals surface area contributed by atoms with Crippen molar-refractivity contribution in [1.82, 2.24) is 15.1 Å². The Labute approximate surface area is 101 Å². The Hall–Kier alpha value is -1.33. The van der Waals surface area contributed by atoms with E-state index >= 15 is 0 Å². The van der Waals surface area contributed by atoms with Crippen LogP contribution in [-0.2, 0) is 0 Å². The van der Waals surface area contributed by atoms with E-state index < -0.39 is 0 Å². The zero-order chi connectivity index (χ0) is 12.3. The second-order valence-corrected chi connectivity index (χ2v) is 4.45. The maximum atomic E-state index is 12.2. The van der Waals surface area contributed by atoms with Gasteiger partial charge in [-0.1, -0.05) is 0 Å². The number of hydrogen-bond acceptors (Lipinski definition) is 4. The van der Waals surface area contributed by atoms with Crippen LogP contribution in [0.15, 0.2) is 22.8 Å². The van der Waals surface area contributed by atoms with Crippen molar-refractivity contribution in [3.05, 3.63) is 24.2 Å². The van der Waals surface area contributed by atoms with Gasteiger partial charge in [-0.15, -0.1) is 0 Å². The molecule has 0 saturated carbocycles. The summed E-state index contributed by atoms with van der Waals surface area (Å²) in [6, 6.07) is 3.67. The lowest BCUT2D eigenvalue weighted by atomic mass is 10.1. The minimum atomic E-state index is -0.0108. The summed E-state index contributed by atoms with van der Waals surface area (Å²) in [5.41, 5.74) is 0. The first-order valence-corrected chi connectivity index (χ1v) is 5.90. The van der Waals surface area contributed by atoms with Crippen molar-refractivity contribution in [1.29, 1.82) is 0 Å². The molecule has 5 nitrogen and oxygen atoms in total. The molecular formula is C12H19N3O2. The van der Waals surface area contributed by atoms with Crippen molar-refractivity contribution in [2.45, 2.75) is 6.04 Å². The predicted molar refractivity (Wildman–Crippen MR) is 65.0 cm³/mol. The van der Waals surface area contributed by atoms with Crippen LogP contribution in [-0.4, -0.2) is 62.0 Å². The summed E-state index contributed by atoms with van der Waals surface area (Å²) < 4.78 is 5.18. The van der Waals surface area contributed by atoms with Gasteiger partial charge in [0, 0.05) is 26.2 Å². The zero-order valence-electron chi connectivity index (χ0n) is 10.3. The highest BCUT2D eigenvalue weighted by Gasteiger charge is 2.30. The molecule has 2 rings (SSSR count). The van der Waals surface area contributed by atoms with E-state index in [4.69, 9.17) is 4.42 Å². The zero-order valence-corrected chi connectivity index (χ0v) is 10.3. The Bertz CT molecular complexity index is 364. The van der Waals surface area contributed by atoms with E-state index in [0.29, 0.717) is 5.76 Å². The maximum Gasteiger partial charge on any atom is 0.289 e. The highest BCUT2D eigenvalue weighted by molar-refractivity contribution is 5.91. The van der Waals surface area contributed by atoms with Crippen LogP contribution in [0.1, 0.15) is 10.6 Å². The fourth-order valence-electron chi connectivity index (χ4n) is 2.23. The van der Waals surface area contributed by atoms with Gasteiger partial charge in [0.2, 0.25) is 0 Å². The number of hydrogen-bond donors (Lipinski definition) is 1. The highest BCUT2D eigenvalue weighted by Crippen LogP contribution is 2.13. The van der Waals surface area contributed by atoms with Crippen molar-refractivity contribution in [2.75, 3.05) is 40.3 Å². The molecule has 0 aromatic carbocycles. The fourth-order valence-corrected chi connectivity index (χ4v) is 2.23. The van der Waals surface area contributed by atoms with Gasteiger partial charge in [-0.2, -0.15) is 0 Å². The number of nitrogens with one attached hydrogen (secondary N) is 1. The summed E-state index contributed by atoms with van der Waals surface area (Å²) in [5.74, 6) is 0.416. The number of amides is 1. The molecule has 1 aromatic heterocycles. The van der Waals surface area contributed by atoms with Crippen molar-refractivity contribution in [3.8, 4) is 0 Å². The number of likely N-dealkylation sites (N-methyl/N-ethyl adjacent to an activating group) is 2. The van der Waals surface area contributed by atoms with E-state index in [1.54, 1.807) is 12.1 Å². The van der Waals surface area contributed by atoms with E-state index in [2.05, 4.69) is 17.3 Å². The number of nitrogens with zero attached hydrogens (tertiary/aromatic N) is 2. The number of carbonyl (C=O) groups is 1. The third-order valence-corrected chi connectivity index (χ3v) is 3.12. The van der Waals surface area contributed by atoms with Gasteiger partial charge in [0.1, 0.15) is 0 Å². The molecule has 1 saturated heterocycles. The topological polar surface area (TPSA) is 48.7 Å². The largest absolute Gasteiger partial charge is 0.459 e. The second-order valence-electron chi connectivity index (χ2n) is 4.45. The predicted octanol–water partition coefficient (Wildman–Crippen LogP) is 0.255. The molecule has 1 unspecified atom stereocenters. The highest BCUT2D eigenvalue weighted by atomic mass is 16.3. The lowest BCUT2D eigenvalue weighted by Gasteiger charge is -2.39. The lowest BCUT2D eigenvalue weighted by molar-refractivity contribution is 0.0474. The molecule has 2 heterocycles. The van der Waals surface area contributed by atoms with E-state index in [-0.39, 0.29) is 11.9 Å². The molecule has 1 aromatic rings. The van der Waals surface area contributed by atoms with Gasteiger partial charge < -0.3 is 19.5 Å². The number of rotatable bonds is 3. The maximum absolute atomic E-state index is 12.2. The second kappa shape index (κ2) is 5.33. The van der Waals surface area contributed by atoms with Crippen LogP contribution in [0.5, 0.6) is 0 Å². The van der Waals surface area contributed by atoms with E-state index in [1.165, 1.54) is 6.26 Å². The quantitative estimate of drug-likeness (QED) is 0.819. The van der Waals surface area contributed by atoms with Crippen LogP contribution in [0.4, 0.5) is 0 Å². The molecule has 1 aliphatic rings. The third-order valence-electron chi connectivity index (χ3n) is 3.12. The molecule has 0 bridgehead atoms. The van der Waals surface area contributed by atoms with E-state index in [0.717, 1.165) is 26.2 Å². The van der Waals surface area contributed by atoms with Crippen molar-refractivity contribution >= 4 is 5.91 Å². The third kappa shape index (κ3) is 2.68. The molecule has 1 aliphatic heterocycles. The first kappa shape index (κ1) is 12.1. The van der Waals surface area contributed by atoms with Gasteiger partial charge in [-0.3, -0.25) is 4.79 Å². The fraction of sp³-hybridized carbons (Fsp3) is 0.583. The molecule has 5 heteroatoms. The minimum Gasteiger partial charge on any atom is -0.459 e. The molecule has 1 N–H and O–H groups in total. The summed E-state index contributed by atoms with van der Waals surface area (Å²) >= 11 is 0. The number of carbonyl (C=O) groups excluding carboxylic acids is 1. The first-order valence-electron chi connectivity index (χ1n) is 5.90. The average Bonchev–Trinajstić information content (AvgIpc) is 2.82. The van der Waals surface area contributed by atoms with Gasteiger partial charge in [0.05, 0.1) is 12.3 Å². The van der Waals surface area contributed by atoms with Crippen molar-refractivity contribution in [3.63, 3.8) is 0 Å². The van der Waals surface area contributed by atoms with Crippen LogP contribution in [0.2, 0.25) is 0 Å². The van der Waals surface area contributed by atoms with E-state index in [1.807, 2.05) is 11.9 Å². The summed E-state index contributed by atoms with van der Waals surface area (Å²) in [6.45, 7) is 3.36. The SMILES string of the molecule is CNCC1CN(C)CCN1C(=O)c1ccco1. The Morgan fingerprint density at radius 3 is 3.06 bits per heavy atom. The molecule has 17 heavy (non-hydrogen) atoms. The molecule has 0 radical (unpaired) electrons. The van der Waals surface area contributed by atoms with Crippen LogP contribution in [0, 0.1) is 0 Å². The first-order chi connectivity index (χ1) is 8.22. The van der Waals surface area contributed by atoms with Crippen LogP contribution >= 0.6 is 0 Å². The molecule has 1 fully saturated rings. The molecule has 0 spiro atoms. The molecule has 1 atom stereocenters. The summed E-state index contributed by atoms with van der Waals surface area (Å²) in [7, 11) is 3.99. The van der Waals surface area contributed by atoms with Crippen molar-refractivity contribution < 1.29 is 9.21 Å². The Morgan fingerprint density at radius 1 is 1.59 bits per heavy atom. The normalized spacial score (nSPS) is 21.8. The summed E-state index contributed by atoms with van der Waals surface area (Å²) in [4.78, 5) is 16.4. The van der Waals surface area contributed by atoms with Gasteiger partial charge in [-0.05, 0) is 26.2 Å². The molecule has 94 valence electrons. The number of furan rings is 1. The summed E-state index contributed by atoms with van der Waals surface area (Å²) in [6.07, 6.45) is 1.54. The van der Waals surface area contributed by atoms with Gasteiger partial charge in [-0.25, -0.2) is 0 Å². The van der Waals surface area contributed by atoms with Gasteiger partial charge in [0.15, 0.2) is 5.76 Å². The molecule has 1 amide bonds. The van der Waals surface area contributed by atoms with Gasteiger partial charge >= 0.3 is 0 Å². The summed E-state index contributed by atoms with van der Waals surface area (Å²) in [5, 5.41) is 3.14. The van der Waals surface area contributed by atoms with Crippen LogP contribution in [0.3, 0.4) is 0 Å². The average molecular weight is 237 g/mol. The Balaban J connectivity index is 2.09. The minimum absolute atomic E-state index is 0.0108. The van der Waals surface area contributed by atoms with Crippen LogP contribution in [0.25, 0.3) is 0 Å². The smallest absolute Gasteiger partial charge is 0.289 e. The van der Waals surface area contributed by atoms with Crippen LogP contribution < -0.4 is 5.32 Å². The Morgan fingerprint density at radius 2 is 2.41 bits per heavy atom. The molecular weight excluding hydrogens is 218 g/mol. The van der Waals surface area contributed by atoms with Gasteiger partial charge in [0.25, 0.3) is 5.91 Å². The monoisotopic (exact) mass is 237 g/mol. The Kier molecular flexibility index (Phi) is 3.81. The van der Waals surface area contributed by atoms with E-state index in [9.17, 15) is 4.79 Å². The lowest BCUT2D eigenvalue weighted by Crippen LogP contribution is -2.57.